The maximum absolute atomic E-state index is 15.4. The number of allylic oxidation sites excluding steroid dienone is 1. The second kappa shape index (κ2) is 15.7. The number of hydrogen-bond donors (Lipinski definition) is 1. The summed E-state index contributed by atoms with van der Waals surface area (Å²) >= 11 is 0. The minimum Gasteiger partial charge on any atom is -0.493 e. The number of aldehydes is 1. The van der Waals surface area contributed by atoms with E-state index in [0.29, 0.717) is 52.0 Å². The molecule has 2 aromatic carbocycles. The van der Waals surface area contributed by atoms with E-state index < -0.39 is 5.82 Å². The van der Waals surface area contributed by atoms with E-state index in [1.54, 1.807) is 31.5 Å². The number of likely N-dealkylation sites (tertiary alicyclic amines) is 1. The van der Waals surface area contributed by atoms with E-state index in [4.69, 9.17) is 19.0 Å². The number of pyridine rings is 1. The van der Waals surface area contributed by atoms with E-state index >= 15 is 4.39 Å². The third kappa shape index (κ3) is 8.52. The van der Waals surface area contributed by atoms with Crippen molar-refractivity contribution >= 4 is 34.5 Å². The van der Waals surface area contributed by atoms with E-state index in [9.17, 15) is 0 Å². The molecule has 0 radical (unpaired) electrons. The molecule has 1 atom stereocenters. The summed E-state index contributed by atoms with van der Waals surface area (Å²) < 4.78 is 33.3. The van der Waals surface area contributed by atoms with Crippen molar-refractivity contribution in [2.45, 2.75) is 31.4 Å². The molecular formula is C35H42FN7O4. The molecule has 0 spiro atoms. The van der Waals surface area contributed by atoms with Crippen molar-refractivity contribution in [1.82, 2.24) is 24.8 Å². The number of rotatable bonds is 10. The molecule has 0 amide bonds. The Morgan fingerprint density at radius 1 is 1.00 bits per heavy atom. The number of piperidine rings is 1. The molecule has 0 saturated carbocycles. The molecule has 11 nitrogen and oxygen atoms in total. The molecule has 47 heavy (non-hydrogen) atoms. The Bertz CT molecular complexity index is 1670. The molecule has 6 rings (SSSR count). The van der Waals surface area contributed by atoms with Gasteiger partial charge in [0.2, 0.25) is 0 Å². The van der Waals surface area contributed by atoms with Crippen LogP contribution in [0.15, 0.2) is 67.6 Å². The van der Waals surface area contributed by atoms with Crippen LogP contribution in [0.3, 0.4) is 0 Å². The number of benzene rings is 2. The van der Waals surface area contributed by atoms with E-state index in [2.05, 4.69) is 62.7 Å². The molecule has 2 fully saturated rings. The highest BCUT2D eigenvalue weighted by Crippen LogP contribution is 2.37. The molecule has 2 aromatic heterocycles. The summed E-state index contributed by atoms with van der Waals surface area (Å²) in [4.78, 5) is 29.2. The van der Waals surface area contributed by atoms with E-state index in [1.807, 2.05) is 18.2 Å². The van der Waals surface area contributed by atoms with Gasteiger partial charge in [-0.2, -0.15) is 0 Å². The predicted molar refractivity (Wildman–Crippen MR) is 182 cm³/mol. The van der Waals surface area contributed by atoms with Crippen LogP contribution in [0.4, 0.5) is 21.7 Å². The molecule has 248 valence electrons. The maximum Gasteiger partial charge on any atom is 0.162 e. The number of nitrogens with one attached hydrogen (secondary N) is 1. The van der Waals surface area contributed by atoms with Gasteiger partial charge in [0.25, 0.3) is 0 Å². The predicted octanol–water partition coefficient (Wildman–Crippen LogP) is 5.69. The second-order valence-corrected chi connectivity index (χ2v) is 11.8. The highest BCUT2D eigenvalue weighted by atomic mass is 19.1. The maximum atomic E-state index is 15.4. The van der Waals surface area contributed by atoms with Crippen LogP contribution in [0.5, 0.6) is 23.0 Å². The number of fused-ring (bicyclic) bond motifs is 1. The lowest BCUT2D eigenvalue weighted by molar-refractivity contribution is -0.104. The van der Waals surface area contributed by atoms with Gasteiger partial charge >= 0.3 is 0 Å². The Labute approximate surface area is 275 Å². The Morgan fingerprint density at radius 3 is 2.45 bits per heavy atom. The zero-order chi connectivity index (χ0) is 33.3. The van der Waals surface area contributed by atoms with Crippen LogP contribution < -0.4 is 24.4 Å². The zero-order valence-electron chi connectivity index (χ0n) is 27.4. The number of nitrogens with zero attached hydrogens (tertiary/aromatic N) is 6. The first-order chi connectivity index (χ1) is 22.8. The van der Waals surface area contributed by atoms with Gasteiger partial charge in [-0.3, -0.25) is 4.79 Å². The van der Waals surface area contributed by atoms with Crippen LogP contribution in [0, 0.1) is 5.82 Å². The number of methoxy groups -OCH3 is 1. The van der Waals surface area contributed by atoms with Crippen LogP contribution in [-0.2, 0) is 4.79 Å². The number of carbonyl (C=O) groups is 1. The number of halogens is 1. The molecule has 2 saturated heterocycles. The van der Waals surface area contributed by atoms with Gasteiger partial charge in [-0.05, 0) is 70.7 Å². The molecule has 12 heteroatoms. The van der Waals surface area contributed by atoms with Crippen LogP contribution >= 0.6 is 0 Å². The number of hydrogen-bond acceptors (Lipinski definition) is 11. The summed E-state index contributed by atoms with van der Waals surface area (Å²) in [6, 6.07) is 12.6. The Hall–Kier alpha value is -4.81. The highest BCUT2D eigenvalue weighted by molar-refractivity contribution is 5.93. The SMILES string of the molecule is C=CC=O.COc1cc2ncnc(Nc3ccc(Oc4ccnc(N5CCC(N(C)C)C5)c4)cc3F)c2cc1OC1CCN(C)CC1. The molecule has 1 N–H and O–H groups in total. The van der Waals surface area contributed by atoms with Crippen LogP contribution in [0.1, 0.15) is 19.3 Å². The van der Waals surface area contributed by atoms with Crippen molar-refractivity contribution in [1.29, 1.82) is 0 Å². The van der Waals surface area contributed by atoms with E-state index in [0.717, 1.165) is 51.3 Å². The largest absolute Gasteiger partial charge is 0.493 e. The fraction of sp³-hybridized carbons (Fsp3) is 0.371. The topological polar surface area (TPSA) is 105 Å². The van der Waals surface area contributed by atoms with Crippen molar-refractivity contribution in [3.05, 3.63) is 73.5 Å². The smallest absolute Gasteiger partial charge is 0.162 e. The van der Waals surface area contributed by atoms with Crippen molar-refractivity contribution in [3.63, 3.8) is 0 Å². The lowest BCUT2D eigenvalue weighted by Crippen LogP contribution is -2.35. The van der Waals surface area contributed by atoms with E-state index in [1.165, 1.54) is 18.5 Å². The summed E-state index contributed by atoms with van der Waals surface area (Å²) in [5, 5.41) is 3.84. The molecule has 4 aromatic rings. The van der Waals surface area contributed by atoms with E-state index in [-0.39, 0.29) is 11.8 Å². The normalized spacial score (nSPS) is 16.8. The first-order valence-electron chi connectivity index (χ1n) is 15.6. The number of aromatic nitrogens is 3. The van der Waals surface area contributed by atoms with Crippen molar-refractivity contribution in [3.8, 4) is 23.0 Å². The minimum atomic E-state index is -0.469. The van der Waals surface area contributed by atoms with Crippen molar-refractivity contribution in [2.75, 3.05) is 64.6 Å². The average molecular weight is 644 g/mol. The standard InChI is InChI=1S/C32H38FN7O3.C3H4O/c1-38(2)21-8-14-40(19-21)31-16-24(7-11-34-31)42-23-5-6-27(26(33)15-23)37-32-25-17-30(43-22-9-12-39(3)13-10-22)29(41-4)18-28(25)35-20-36-32;1-2-3-4/h5-7,11,15-18,20-22H,8-10,12-14,19H2,1-4H3,(H,35,36,37);2-3H,1H2. The number of anilines is 3. The van der Waals surface area contributed by atoms with Gasteiger partial charge < -0.3 is 34.2 Å². The summed E-state index contributed by atoms with van der Waals surface area (Å²) in [6.07, 6.45) is 8.04. The van der Waals surface area contributed by atoms with Gasteiger partial charge in [0.05, 0.1) is 18.3 Å². The monoisotopic (exact) mass is 643 g/mol. The fourth-order valence-corrected chi connectivity index (χ4v) is 5.63. The summed E-state index contributed by atoms with van der Waals surface area (Å²) in [5.74, 6) is 3.06. The van der Waals surface area contributed by atoms with Crippen LogP contribution in [0.2, 0.25) is 0 Å². The first-order valence-corrected chi connectivity index (χ1v) is 15.6. The third-order valence-electron chi connectivity index (χ3n) is 8.34. The Morgan fingerprint density at radius 2 is 1.77 bits per heavy atom. The van der Waals surface area contributed by atoms with Crippen LogP contribution in [-0.4, -0.2) is 97.6 Å². The quantitative estimate of drug-likeness (QED) is 0.170. The van der Waals surface area contributed by atoms with Gasteiger partial charge in [0.1, 0.15) is 47.7 Å². The second-order valence-electron chi connectivity index (χ2n) is 11.8. The molecule has 1 unspecified atom stereocenters. The molecular weight excluding hydrogens is 601 g/mol. The molecule has 0 bridgehead atoms. The Balaban J connectivity index is 0.00000103. The molecule has 0 aliphatic carbocycles. The van der Waals surface area contributed by atoms with Crippen molar-refractivity contribution < 1.29 is 23.4 Å². The summed E-state index contributed by atoms with van der Waals surface area (Å²) in [6.45, 7) is 6.92. The summed E-state index contributed by atoms with van der Waals surface area (Å²) in [7, 11) is 7.93. The van der Waals surface area contributed by atoms with Gasteiger partial charge in [-0.1, -0.05) is 6.58 Å². The first kappa shape index (κ1) is 33.6. The summed E-state index contributed by atoms with van der Waals surface area (Å²) in [5.41, 5.74) is 0.928. The Kier molecular flexibility index (Phi) is 11.2. The average Bonchev–Trinajstić information content (AvgIpc) is 3.58. The van der Waals surface area contributed by atoms with Crippen molar-refractivity contribution in [2.24, 2.45) is 0 Å². The van der Waals surface area contributed by atoms with Gasteiger partial charge in [0.15, 0.2) is 11.5 Å². The fourth-order valence-electron chi connectivity index (χ4n) is 5.63. The third-order valence-corrected chi connectivity index (χ3v) is 8.34. The number of carbonyl (C=O) groups excluding carboxylic acids is 1. The lowest BCUT2D eigenvalue weighted by Gasteiger charge is -2.29. The van der Waals surface area contributed by atoms with Gasteiger partial charge in [0, 0.05) is 62.0 Å². The molecule has 2 aliphatic heterocycles. The van der Waals surface area contributed by atoms with Gasteiger partial charge in [-0.25, -0.2) is 19.3 Å². The number of likely N-dealkylation sites (N-methyl/N-ethyl adjacent to an activating group) is 1. The lowest BCUT2D eigenvalue weighted by atomic mass is 10.1. The van der Waals surface area contributed by atoms with Crippen LogP contribution in [0.25, 0.3) is 10.9 Å². The van der Waals surface area contributed by atoms with Gasteiger partial charge in [-0.15, -0.1) is 0 Å². The number of ether oxygens (including phenoxy) is 3. The minimum absolute atomic E-state index is 0.0929. The zero-order valence-corrected chi connectivity index (χ0v) is 27.4. The molecule has 2 aliphatic rings. The molecule has 4 heterocycles. The highest BCUT2D eigenvalue weighted by Gasteiger charge is 2.25.